The molecule has 8 atom stereocenters. The maximum absolute atomic E-state index is 15.8. The van der Waals surface area contributed by atoms with Crippen molar-refractivity contribution in [3.05, 3.63) is 60.7 Å². The van der Waals surface area contributed by atoms with Crippen LogP contribution in [0.15, 0.2) is 60.7 Å². The number of aliphatic hydroxyl groups is 1. The van der Waals surface area contributed by atoms with Crippen LogP contribution in [0, 0.1) is 0 Å². The van der Waals surface area contributed by atoms with Crippen molar-refractivity contribution in [2.24, 2.45) is 0 Å². The molecule has 3 rings (SSSR count). The van der Waals surface area contributed by atoms with Crippen molar-refractivity contribution >= 4 is 43.5 Å². The third-order valence-electron chi connectivity index (χ3n) is 24.5. The molecule has 0 bridgehead atoms. The third kappa shape index (κ3) is 63.6. The SMILES string of the molecule is CCCCCCCCCCCCCC(=O)O[C@H](CCCCCCCCCCC)CC(=O)NCCCO[C@@H]1O[C@H](CO)[C@@H](OP(=O)(Oc2ccccc2)Oc2ccccc2)[C@H](OC(=O)C[C@@H](CCCCCCCCCCC)OC(=O)CCCCCCCCCCCCC)[C@H]1NC(=O)C[C@@H](CCCCCCCCCCC)OC(=O)CCCCCCCCCCCCC. The first-order valence-electron chi connectivity index (χ1n) is 52.2. The summed E-state index contributed by atoms with van der Waals surface area (Å²) in [6.07, 6.45) is 59.7. The van der Waals surface area contributed by atoms with Crippen LogP contribution in [-0.4, -0.2) is 110 Å². The smallest absolute Gasteiger partial charge is 0.462 e. The molecule has 0 aromatic heterocycles. The highest BCUT2D eigenvalue weighted by Gasteiger charge is 2.54. The number of ether oxygens (including phenoxy) is 6. The van der Waals surface area contributed by atoms with Gasteiger partial charge in [0.05, 0.1) is 32.5 Å². The number of esters is 4. The minimum atomic E-state index is -4.96. The van der Waals surface area contributed by atoms with E-state index in [1.165, 1.54) is 218 Å². The highest BCUT2D eigenvalue weighted by molar-refractivity contribution is 7.49. The van der Waals surface area contributed by atoms with Gasteiger partial charge in [-0.1, -0.05) is 425 Å². The van der Waals surface area contributed by atoms with Gasteiger partial charge in [-0.3, -0.25) is 33.3 Å². The number of nitrogens with one attached hydrogen (secondary N) is 2. The predicted octanol–water partition coefficient (Wildman–Crippen LogP) is 29.0. The number of benzene rings is 2. The van der Waals surface area contributed by atoms with Crippen LogP contribution in [-0.2, 0) is 66.3 Å². The number of hydrogen-bond donors (Lipinski definition) is 3. The fourth-order valence-corrected chi connectivity index (χ4v) is 18.3. The topological polar surface area (TPSA) is 247 Å². The van der Waals surface area contributed by atoms with Crippen molar-refractivity contribution in [3.63, 3.8) is 0 Å². The van der Waals surface area contributed by atoms with Crippen molar-refractivity contribution < 1.29 is 80.4 Å². The van der Waals surface area contributed by atoms with Gasteiger partial charge in [-0.15, -0.1) is 0 Å². The molecule has 1 aliphatic heterocycles. The zero-order chi connectivity index (χ0) is 90.2. The zero-order valence-electron chi connectivity index (χ0n) is 80.4. The first kappa shape index (κ1) is 114. The number of phosphoric acid groups is 1. The number of aliphatic hydroxyl groups excluding tert-OH is 1. The fraction of sp³-hybridized carbons (Fsp3) is 0.829. The molecule has 2 aromatic rings. The lowest BCUT2D eigenvalue weighted by molar-refractivity contribution is -0.271. The number of carbonyl (C=O) groups excluding carboxylic acids is 6. The molecule has 1 saturated heterocycles. The van der Waals surface area contributed by atoms with Crippen LogP contribution < -0.4 is 19.7 Å². The first-order valence-corrected chi connectivity index (χ1v) is 53.6. The van der Waals surface area contributed by atoms with E-state index >= 15 is 14.2 Å². The van der Waals surface area contributed by atoms with Crippen molar-refractivity contribution in [2.75, 3.05) is 19.8 Å². The predicted molar refractivity (Wildman–Crippen MR) is 510 cm³/mol. The maximum Gasteiger partial charge on any atom is 0.588 e. The summed E-state index contributed by atoms with van der Waals surface area (Å²) in [6.45, 7) is 12.6. The van der Waals surface area contributed by atoms with Crippen LogP contribution in [0.1, 0.15) is 491 Å². The molecule has 19 nitrogen and oxygen atoms in total. The largest absolute Gasteiger partial charge is 0.588 e. The lowest BCUT2D eigenvalue weighted by Gasteiger charge is -2.45. The van der Waals surface area contributed by atoms with Gasteiger partial charge in [-0.2, -0.15) is 0 Å². The monoisotopic (exact) mass is 1780 g/mol. The van der Waals surface area contributed by atoms with E-state index in [0.29, 0.717) is 51.4 Å². The highest BCUT2D eigenvalue weighted by Crippen LogP contribution is 2.53. The van der Waals surface area contributed by atoms with Gasteiger partial charge in [0, 0.05) is 25.8 Å². The summed E-state index contributed by atoms with van der Waals surface area (Å²) in [7, 11) is -4.96. The molecule has 0 aliphatic carbocycles. The molecule has 722 valence electrons. The van der Waals surface area contributed by atoms with E-state index in [0.717, 1.165) is 141 Å². The Bertz CT molecular complexity index is 2870. The van der Waals surface area contributed by atoms with Gasteiger partial charge in [0.2, 0.25) is 11.8 Å². The van der Waals surface area contributed by atoms with Crippen LogP contribution in [0.5, 0.6) is 11.5 Å². The second-order valence-corrected chi connectivity index (χ2v) is 37.8. The summed E-state index contributed by atoms with van der Waals surface area (Å²) in [5.41, 5.74) is 0. The van der Waals surface area contributed by atoms with Crippen molar-refractivity contribution in [1.29, 1.82) is 0 Å². The van der Waals surface area contributed by atoms with E-state index in [4.69, 9.17) is 42.0 Å². The molecular weight excluding hydrogens is 1590 g/mol. The third-order valence-corrected chi connectivity index (χ3v) is 25.8. The average molecular weight is 1780 g/mol. The molecule has 0 spiro atoms. The van der Waals surface area contributed by atoms with Gasteiger partial charge in [-0.25, -0.2) is 4.57 Å². The standard InChI is InChI=1S/C105H185N2O17P/c1-7-13-19-25-31-37-40-46-52-58-70-81-98(111)117-92(78-63-55-49-43-34-28-22-16-10-4)86-96(109)106-84-73-85-116-105-102(107-97(110)87-93(79-64-56-50-44-35-29-23-17-11-5)118-99(112)82-71-59-53-47-41-38-32-26-20-14-8-2)104(103(95(89-108)120-105)124-125(115,122-90-74-66-61-67-75-90)123-91-76-68-62-69-77-91)121-101(114)88-94(80-65-57-51-45-36-30-24-18-12-6)119-100(113)83-72-60-54-48-42-39-33-27-21-15-9-3/h61-62,66-69,74-77,92-95,102-105,108H,7-60,63-65,70-73,78-89H2,1-6H3,(H,106,109)(H,107,110)/t92-,93-,94-,95-,102-,103-,104-,105-/m1/s1. The normalized spacial score (nSPS) is 16.0. The molecule has 1 aliphatic rings. The van der Waals surface area contributed by atoms with Gasteiger partial charge >= 0.3 is 31.7 Å². The minimum absolute atomic E-state index is 0.00635. The Morgan fingerprint density at radius 1 is 0.352 bits per heavy atom. The number of amides is 2. The van der Waals surface area contributed by atoms with Gasteiger partial charge in [0.15, 0.2) is 12.4 Å². The quantitative estimate of drug-likeness (QED) is 0.0241. The van der Waals surface area contributed by atoms with Gasteiger partial charge in [-0.05, 0) is 88.5 Å². The van der Waals surface area contributed by atoms with Gasteiger partial charge in [0.1, 0.15) is 48.1 Å². The van der Waals surface area contributed by atoms with Gasteiger partial charge < -0.3 is 53.2 Å². The number of para-hydroxylation sites is 2. The number of phosphoric ester groups is 1. The second kappa shape index (κ2) is 81.0. The first-order chi connectivity index (χ1) is 61.2. The van der Waals surface area contributed by atoms with Crippen molar-refractivity contribution in [3.8, 4) is 11.5 Å². The van der Waals surface area contributed by atoms with E-state index in [2.05, 4.69) is 52.2 Å². The van der Waals surface area contributed by atoms with E-state index in [9.17, 15) is 24.3 Å². The molecule has 2 aromatic carbocycles. The second-order valence-electron chi connectivity index (χ2n) is 36.3. The van der Waals surface area contributed by atoms with E-state index in [-0.39, 0.29) is 74.6 Å². The maximum atomic E-state index is 15.8. The van der Waals surface area contributed by atoms with Crippen molar-refractivity contribution in [1.82, 2.24) is 10.6 Å². The van der Waals surface area contributed by atoms with E-state index in [1.54, 1.807) is 60.7 Å². The Kier molecular flexibility index (Phi) is 73.9. The summed E-state index contributed by atoms with van der Waals surface area (Å²) in [6, 6.07) is 15.1. The van der Waals surface area contributed by atoms with Crippen LogP contribution in [0.3, 0.4) is 0 Å². The molecule has 0 saturated carbocycles. The minimum Gasteiger partial charge on any atom is -0.462 e. The number of carbonyl (C=O) groups is 6. The molecule has 1 heterocycles. The van der Waals surface area contributed by atoms with Crippen LogP contribution >= 0.6 is 7.82 Å². The lowest BCUT2D eigenvalue weighted by Crippen LogP contribution is -2.66. The lowest BCUT2D eigenvalue weighted by atomic mass is 9.96. The number of rotatable bonds is 89. The Morgan fingerprint density at radius 3 is 0.952 bits per heavy atom. The average Bonchev–Trinajstić information content (AvgIpc) is 0.772. The fourth-order valence-electron chi connectivity index (χ4n) is 16.9. The zero-order valence-corrected chi connectivity index (χ0v) is 81.3. The molecule has 2 amide bonds. The molecular formula is C105H185N2O17P. The molecule has 0 unspecified atom stereocenters. The Hall–Kier alpha value is -5.07. The summed E-state index contributed by atoms with van der Waals surface area (Å²) in [5.74, 6) is -2.60. The van der Waals surface area contributed by atoms with Crippen LogP contribution in [0.4, 0.5) is 0 Å². The van der Waals surface area contributed by atoms with E-state index < -0.39 is 87.7 Å². The molecule has 20 heteroatoms. The van der Waals surface area contributed by atoms with Crippen LogP contribution in [0.2, 0.25) is 0 Å². The van der Waals surface area contributed by atoms with Gasteiger partial charge in [0.25, 0.3) is 0 Å². The number of hydrogen-bond acceptors (Lipinski definition) is 17. The molecule has 1 fully saturated rings. The summed E-state index contributed by atoms with van der Waals surface area (Å²) < 4.78 is 73.7. The molecule has 125 heavy (non-hydrogen) atoms. The highest BCUT2D eigenvalue weighted by atomic mass is 31.2. The molecule has 0 radical (unpaired) electrons. The Balaban J connectivity index is 2.11. The van der Waals surface area contributed by atoms with E-state index in [1.807, 2.05) is 0 Å². The Morgan fingerprint density at radius 2 is 0.640 bits per heavy atom. The molecule has 3 N–H and O–H groups in total. The summed E-state index contributed by atoms with van der Waals surface area (Å²) >= 11 is 0. The summed E-state index contributed by atoms with van der Waals surface area (Å²) in [5, 5.41) is 17.8. The Labute approximate surface area is 762 Å². The van der Waals surface area contributed by atoms with Crippen molar-refractivity contribution in [2.45, 2.75) is 540 Å². The number of unbranched alkanes of at least 4 members (excludes halogenated alkanes) is 54. The summed E-state index contributed by atoms with van der Waals surface area (Å²) in [4.78, 5) is 86.4. The van der Waals surface area contributed by atoms with Crippen LogP contribution in [0.25, 0.3) is 0 Å².